The van der Waals surface area contributed by atoms with Gasteiger partial charge >= 0.3 is 6.18 Å². The Hall–Kier alpha value is -4.69. The summed E-state index contributed by atoms with van der Waals surface area (Å²) in [6.07, 6.45) is -2.31. The molecule has 0 aliphatic heterocycles. The molecule has 0 fully saturated rings. The number of anilines is 4. The summed E-state index contributed by atoms with van der Waals surface area (Å²) in [7, 11) is -4.31. The zero-order valence-corrected chi connectivity index (χ0v) is 25.5. The predicted octanol–water partition coefficient (Wildman–Crippen LogP) is 7.40. The maximum atomic E-state index is 13.3. The first-order valence-corrected chi connectivity index (χ1v) is 16.1. The molecule has 0 radical (unpaired) electrons. The fourth-order valence-electron chi connectivity index (χ4n) is 4.18. The monoisotopic (exact) mass is 658 g/mol. The van der Waals surface area contributed by atoms with Crippen LogP contribution in [-0.4, -0.2) is 26.1 Å². The molecular formula is C31H29F3N4O5S2. The van der Waals surface area contributed by atoms with Gasteiger partial charge < -0.3 is 16.0 Å². The van der Waals surface area contributed by atoms with Crippen molar-refractivity contribution >= 4 is 61.8 Å². The molecule has 4 aromatic rings. The van der Waals surface area contributed by atoms with Crippen molar-refractivity contribution in [2.24, 2.45) is 0 Å². The van der Waals surface area contributed by atoms with Gasteiger partial charge in [0, 0.05) is 17.7 Å². The van der Waals surface area contributed by atoms with Gasteiger partial charge in [0.05, 0.1) is 27.5 Å². The van der Waals surface area contributed by atoms with Crippen LogP contribution in [0.3, 0.4) is 0 Å². The first-order valence-electron chi connectivity index (χ1n) is 13.8. The van der Waals surface area contributed by atoms with E-state index in [0.717, 1.165) is 25.0 Å². The topological polar surface area (TPSA) is 133 Å². The Bertz CT molecular complexity index is 1780. The summed E-state index contributed by atoms with van der Waals surface area (Å²) < 4.78 is 67.1. The highest BCUT2D eigenvalue weighted by Gasteiger charge is 2.30. The van der Waals surface area contributed by atoms with Crippen molar-refractivity contribution < 1.29 is 36.0 Å². The second-order valence-electron chi connectivity index (χ2n) is 9.83. The third-order valence-corrected chi connectivity index (χ3v) is 8.75. The molecule has 3 aromatic carbocycles. The number of hydrogen-bond donors (Lipinski definition) is 4. The second kappa shape index (κ2) is 14.4. The Morgan fingerprint density at radius 1 is 0.800 bits per heavy atom. The summed E-state index contributed by atoms with van der Waals surface area (Å²) in [6.45, 7) is 1.96. The first-order chi connectivity index (χ1) is 21.4. The fraction of sp³-hybridized carbons (Fsp3) is 0.194. The van der Waals surface area contributed by atoms with Gasteiger partial charge in [-0.2, -0.15) is 13.2 Å². The summed E-state index contributed by atoms with van der Waals surface area (Å²) in [6, 6.07) is 17.3. The van der Waals surface area contributed by atoms with Crippen LogP contribution in [0.25, 0.3) is 0 Å². The normalized spacial score (nSPS) is 11.5. The van der Waals surface area contributed by atoms with E-state index < -0.39 is 39.5 Å². The summed E-state index contributed by atoms with van der Waals surface area (Å²) in [4.78, 5) is 38.5. The van der Waals surface area contributed by atoms with Crippen molar-refractivity contribution in [2.45, 2.75) is 43.7 Å². The van der Waals surface area contributed by atoms with Crippen molar-refractivity contribution in [1.29, 1.82) is 0 Å². The van der Waals surface area contributed by atoms with Crippen LogP contribution in [0, 0.1) is 0 Å². The molecule has 0 aliphatic carbocycles. The molecule has 45 heavy (non-hydrogen) atoms. The smallest absolute Gasteiger partial charge is 0.354 e. The molecule has 1 heterocycles. The van der Waals surface area contributed by atoms with Gasteiger partial charge in [0.1, 0.15) is 4.90 Å². The molecule has 4 N–H and O–H groups in total. The van der Waals surface area contributed by atoms with E-state index in [1.165, 1.54) is 65.9 Å². The van der Waals surface area contributed by atoms with Gasteiger partial charge in [0.2, 0.25) is 5.91 Å². The molecule has 0 saturated carbocycles. The van der Waals surface area contributed by atoms with Crippen molar-refractivity contribution in [3.63, 3.8) is 0 Å². The van der Waals surface area contributed by atoms with Gasteiger partial charge in [0.25, 0.3) is 21.8 Å². The van der Waals surface area contributed by atoms with E-state index >= 15 is 0 Å². The van der Waals surface area contributed by atoms with Gasteiger partial charge in [0.15, 0.2) is 0 Å². The molecule has 1 aromatic heterocycles. The Morgan fingerprint density at radius 2 is 1.51 bits per heavy atom. The molecule has 9 nitrogen and oxygen atoms in total. The van der Waals surface area contributed by atoms with Crippen LogP contribution >= 0.6 is 11.3 Å². The van der Waals surface area contributed by atoms with Gasteiger partial charge in [-0.3, -0.25) is 14.4 Å². The summed E-state index contributed by atoms with van der Waals surface area (Å²) in [5.74, 6) is -1.87. The summed E-state index contributed by atoms with van der Waals surface area (Å²) in [5, 5.41) is 9.92. The van der Waals surface area contributed by atoms with Crippen LogP contribution in [0.15, 0.2) is 89.1 Å². The Balaban J connectivity index is 1.59. The summed E-state index contributed by atoms with van der Waals surface area (Å²) in [5.41, 5.74) is -0.156. The number of nitrogens with one attached hydrogen (secondary N) is 4. The standard InChI is InChI=1S/C31H29F3N4O5S2/c1-2-3-4-11-28(39)38-45(42,43)27-10-6-5-8-24(27)36-29(40)20-12-17-23(25(19-20)37-30(41)26-9-7-18-44-26)35-22-15-13-21(14-16-22)31(32,33)34/h5-10,12-19,35H,2-4,11H2,1H3,(H,36,40)(H,37,41)(H,38,39). The molecule has 14 heteroatoms. The average molecular weight is 659 g/mol. The number of thiophene rings is 1. The molecule has 0 spiro atoms. The van der Waals surface area contributed by atoms with Crippen molar-refractivity contribution in [2.75, 3.05) is 16.0 Å². The van der Waals surface area contributed by atoms with Gasteiger partial charge in [-0.1, -0.05) is 38.0 Å². The van der Waals surface area contributed by atoms with E-state index in [2.05, 4.69) is 16.0 Å². The Kier molecular flexibility index (Phi) is 10.6. The molecule has 0 atom stereocenters. The quantitative estimate of drug-likeness (QED) is 0.117. The van der Waals surface area contributed by atoms with Crippen LogP contribution in [-0.2, 0) is 21.0 Å². The van der Waals surface area contributed by atoms with Gasteiger partial charge in [-0.25, -0.2) is 13.1 Å². The first kappa shape index (κ1) is 33.2. The summed E-state index contributed by atoms with van der Waals surface area (Å²) >= 11 is 1.18. The third kappa shape index (κ3) is 8.92. The number of amides is 3. The van der Waals surface area contributed by atoms with Crippen LogP contribution in [0.5, 0.6) is 0 Å². The Morgan fingerprint density at radius 3 is 2.18 bits per heavy atom. The maximum absolute atomic E-state index is 13.3. The second-order valence-corrected chi connectivity index (χ2v) is 12.4. The number of rotatable bonds is 12. The van der Waals surface area contributed by atoms with Crippen LogP contribution < -0.4 is 20.7 Å². The lowest BCUT2D eigenvalue weighted by molar-refractivity contribution is -0.137. The molecule has 0 saturated heterocycles. The van der Waals surface area contributed by atoms with Gasteiger partial charge in [-0.05, 0) is 72.5 Å². The Labute approximate surface area is 261 Å². The van der Waals surface area contributed by atoms with Crippen molar-refractivity contribution in [1.82, 2.24) is 4.72 Å². The maximum Gasteiger partial charge on any atom is 0.416 e. The van der Waals surface area contributed by atoms with E-state index in [1.54, 1.807) is 17.5 Å². The highest BCUT2D eigenvalue weighted by atomic mass is 32.2. The van der Waals surface area contributed by atoms with Crippen LogP contribution in [0.2, 0.25) is 0 Å². The molecule has 0 bridgehead atoms. The number of benzene rings is 3. The van der Waals surface area contributed by atoms with Crippen molar-refractivity contribution in [3.05, 3.63) is 100 Å². The van der Waals surface area contributed by atoms with E-state index in [0.29, 0.717) is 17.0 Å². The molecule has 3 amide bonds. The van der Waals surface area contributed by atoms with Gasteiger partial charge in [-0.15, -0.1) is 11.3 Å². The van der Waals surface area contributed by atoms with Crippen molar-refractivity contribution in [3.8, 4) is 0 Å². The molecule has 4 rings (SSSR count). The fourth-order valence-corrected chi connectivity index (χ4v) is 5.97. The van der Waals surface area contributed by atoms with Crippen LogP contribution in [0.1, 0.15) is 58.2 Å². The van der Waals surface area contributed by atoms with Crippen LogP contribution in [0.4, 0.5) is 35.9 Å². The van der Waals surface area contributed by atoms with E-state index in [1.807, 2.05) is 11.6 Å². The zero-order chi connectivity index (χ0) is 32.6. The lowest BCUT2D eigenvalue weighted by Crippen LogP contribution is -2.31. The lowest BCUT2D eigenvalue weighted by atomic mass is 10.1. The largest absolute Gasteiger partial charge is 0.416 e. The number of halogens is 3. The number of sulfonamides is 1. The molecule has 0 unspecified atom stereocenters. The van der Waals surface area contributed by atoms with E-state index in [9.17, 15) is 36.0 Å². The number of carbonyl (C=O) groups is 3. The highest BCUT2D eigenvalue weighted by Crippen LogP contribution is 2.32. The molecular weight excluding hydrogens is 629 g/mol. The number of para-hydroxylation sites is 1. The SMILES string of the molecule is CCCCCC(=O)NS(=O)(=O)c1ccccc1NC(=O)c1ccc(Nc2ccc(C(F)(F)F)cc2)c(NC(=O)c2cccs2)c1. The minimum absolute atomic E-state index is 0.0326. The zero-order valence-electron chi connectivity index (χ0n) is 23.9. The third-order valence-electron chi connectivity index (χ3n) is 6.45. The highest BCUT2D eigenvalue weighted by molar-refractivity contribution is 7.90. The number of unbranched alkanes of at least 4 members (excludes halogenated alkanes) is 2. The number of hydrogen-bond acceptors (Lipinski definition) is 7. The predicted molar refractivity (Wildman–Crippen MR) is 167 cm³/mol. The number of alkyl halides is 3. The van der Waals surface area contributed by atoms with E-state index in [-0.39, 0.29) is 33.9 Å². The lowest BCUT2D eigenvalue weighted by Gasteiger charge is -2.16. The molecule has 0 aliphatic rings. The number of carbonyl (C=O) groups excluding carboxylic acids is 3. The van der Waals surface area contributed by atoms with E-state index in [4.69, 9.17) is 0 Å². The minimum Gasteiger partial charge on any atom is -0.354 e. The average Bonchev–Trinajstić information content (AvgIpc) is 3.53. The minimum atomic E-state index is -4.51. The molecule has 236 valence electrons.